The van der Waals surface area contributed by atoms with Crippen molar-refractivity contribution in [2.45, 2.75) is 12.8 Å². The van der Waals surface area contributed by atoms with Crippen LogP contribution in [0.2, 0.25) is 0 Å². The lowest BCUT2D eigenvalue weighted by Crippen LogP contribution is -2.20. The molecule has 0 N–H and O–H groups in total. The molecule has 1 unspecified atom stereocenters. The lowest BCUT2D eigenvalue weighted by Gasteiger charge is -2.26. The highest BCUT2D eigenvalue weighted by Gasteiger charge is 2.17. The number of imidazole rings is 1. The Morgan fingerprint density at radius 3 is 2.65 bits per heavy atom. The number of aryl methyl sites for hydroxylation is 3. The van der Waals surface area contributed by atoms with E-state index in [4.69, 9.17) is 10.2 Å². The highest BCUT2D eigenvalue weighted by atomic mass is 32.2. The van der Waals surface area contributed by atoms with E-state index in [1.54, 1.807) is 36.5 Å². The second-order valence-corrected chi connectivity index (χ2v) is 8.60. The lowest BCUT2D eigenvalue weighted by molar-refractivity contribution is 0.537. The number of fused-ring (bicyclic) bond motifs is 2. The summed E-state index contributed by atoms with van der Waals surface area (Å²) in [4.78, 5) is 13.6. The number of benzene rings is 2. The first kappa shape index (κ1) is 21.7. The van der Waals surface area contributed by atoms with Crippen LogP contribution < -0.4 is 4.31 Å². The minimum Gasteiger partial charge on any atom is -0.755 e. The molecule has 0 radical (unpaired) electrons. The van der Waals surface area contributed by atoms with Gasteiger partial charge in [0.1, 0.15) is 11.3 Å². The second kappa shape index (κ2) is 9.02. The molecule has 0 bridgehead atoms. The van der Waals surface area contributed by atoms with Crippen LogP contribution in [0, 0.1) is 11.3 Å². The largest absolute Gasteiger partial charge is 0.755 e. The van der Waals surface area contributed by atoms with Crippen LogP contribution in [0.25, 0.3) is 22.1 Å². The van der Waals surface area contributed by atoms with Crippen LogP contribution in [0.5, 0.6) is 0 Å². The third kappa shape index (κ3) is 4.01. The van der Waals surface area contributed by atoms with Gasteiger partial charge in [-0.2, -0.15) is 5.26 Å². The molecular formula is C25H19N6O2S-. The van der Waals surface area contributed by atoms with Crippen LogP contribution in [0.3, 0.4) is 0 Å². The lowest BCUT2D eigenvalue weighted by atomic mass is 10.1. The van der Waals surface area contributed by atoms with E-state index >= 15 is 0 Å². The molecule has 0 fully saturated rings. The third-order valence-corrected chi connectivity index (χ3v) is 6.43. The first-order valence-electron chi connectivity index (χ1n) is 10.6. The van der Waals surface area contributed by atoms with Gasteiger partial charge in [0.05, 0.1) is 46.0 Å². The Labute approximate surface area is 198 Å². The van der Waals surface area contributed by atoms with Gasteiger partial charge >= 0.3 is 0 Å². The molecule has 168 valence electrons. The average Bonchev–Trinajstić information content (AvgIpc) is 3.18. The van der Waals surface area contributed by atoms with E-state index in [9.17, 15) is 8.76 Å². The normalized spacial score (nSPS) is 12.0. The number of hydrogen-bond donors (Lipinski definition) is 0. The maximum atomic E-state index is 12.3. The topological polar surface area (TPSA) is 111 Å². The number of rotatable bonds is 6. The van der Waals surface area contributed by atoms with E-state index in [0.717, 1.165) is 23.2 Å². The van der Waals surface area contributed by atoms with Gasteiger partial charge in [-0.05, 0) is 42.3 Å². The monoisotopic (exact) mass is 467 g/mol. The van der Waals surface area contributed by atoms with E-state index in [1.165, 1.54) is 10.5 Å². The Hall–Kier alpha value is -4.13. The zero-order valence-corrected chi connectivity index (χ0v) is 19.1. The molecule has 0 saturated heterocycles. The quantitative estimate of drug-likeness (QED) is 0.348. The Bertz CT molecular complexity index is 1570. The van der Waals surface area contributed by atoms with Crippen molar-refractivity contribution in [3.05, 3.63) is 90.0 Å². The Balaban J connectivity index is 1.49. The number of nitriles is 1. The van der Waals surface area contributed by atoms with Crippen molar-refractivity contribution in [1.29, 1.82) is 5.26 Å². The molecule has 0 saturated carbocycles. The smallest absolute Gasteiger partial charge is 0.159 e. The first-order chi connectivity index (χ1) is 16.5. The van der Waals surface area contributed by atoms with Crippen LogP contribution >= 0.6 is 0 Å². The van der Waals surface area contributed by atoms with E-state index in [1.807, 2.05) is 41.9 Å². The van der Waals surface area contributed by atoms with Crippen molar-refractivity contribution >= 4 is 44.7 Å². The molecule has 2 aromatic carbocycles. The van der Waals surface area contributed by atoms with E-state index < -0.39 is 11.3 Å². The molecule has 9 heteroatoms. The number of anilines is 2. The van der Waals surface area contributed by atoms with Gasteiger partial charge < -0.3 is 9.12 Å². The predicted molar refractivity (Wildman–Crippen MR) is 130 cm³/mol. The van der Waals surface area contributed by atoms with Crippen LogP contribution in [0.1, 0.15) is 17.0 Å². The number of pyridine rings is 2. The third-order valence-electron chi connectivity index (χ3n) is 5.72. The molecule has 1 atom stereocenters. The van der Waals surface area contributed by atoms with Gasteiger partial charge in [0, 0.05) is 25.1 Å². The SMILES string of the molecule is Cn1c(CCc2ccc(C#N)cc2)nc2cc(N(c3cccc4cccnc34)S(=O)[O-])cnc21. The number of aromatic nitrogens is 4. The maximum Gasteiger partial charge on any atom is 0.159 e. The van der Waals surface area contributed by atoms with Crippen molar-refractivity contribution in [2.24, 2.45) is 7.05 Å². The number of para-hydroxylation sites is 1. The van der Waals surface area contributed by atoms with Crippen LogP contribution in [0.4, 0.5) is 11.4 Å². The molecule has 0 amide bonds. The zero-order valence-electron chi connectivity index (χ0n) is 18.3. The standard InChI is InChI=1S/C25H20N6O2S/c1-30-23(12-11-17-7-9-18(15-26)10-8-17)29-21-14-20(16-28-25(21)30)31(34(32)33)22-6-2-4-19-5-3-13-27-24(19)22/h2-10,13-14,16H,11-12H2,1H3,(H,32,33)/p-1. The number of hydrogen-bond acceptors (Lipinski definition) is 6. The fourth-order valence-electron chi connectivity index (χ4n) is 4.01. The minimum atomic E-state index is -2.59. The van der Waals surface area contributed by atoms with Crippen LogP contribution in [0.15, 0.2) is 73.1 Å². The van der Waals surface area contributed by atoms with Crippen molar-refractivity contribution < 1.29 is 8.76 Å². The molecule has 34 heavy (non-hydrogen) atoms. The first-order valence-corrected chi connectivity index (χ1v) is 11.6. The minimum absolute atomic E-state index is 0.385. The van der Waals surface area contributed by atoms with Crippen LogP contribution in [-0.2, 0) is 31.2 Å². The van der Waals surface area contributed by atoms with Crippen LogP contribution in [-0.4, -0.2) is 28.3 Å². The number of nitrogens with zero attached hydrogens (tertiary/aromatic N) is 6. The molecule has 8 nitrogen and oxygen atoms in total. The van der Waals surface area contributed by atoms with Gasteiger partial charge in [-0.3, -0.25) is 13.5 Å². The summed E-state index contributed by atoms with van der Waals surface area (Å²) < 4.78 is 27.7. The molecule has 5 aromatic rings. The van der Waals surface area contributed by atoms with E-state index in [2.05, 4.69) is 16.0 Å². The van der Waals surface area contributed by atoms with Gasteiger partial charge in [-0.15, -0.1) is 0 Å². The fourth-order valence-corrected chi connectivity index (χ4v) is 4.59. The van der Waals surface area contributed by atoms with Gasteiger partial charge in [0.2, 0.25) is 0 Å². The summed E-state index contributed by atoms with van der Waals surface area (Å²) in [5.74, 6) is 0.839. The second-order valence-electron chi connectivity index (χ2n) is 7.80. The summed E-state index contributed by atoms with van der Waals surface area (Å²) in [5.41, 5.74) is 4.43. The summed E-state index contributed by atoms with van der Waals surface area (Å²) in [7, 11) is 1.90. The molecule has 0 aliphatic heterocycles. The zero-order chi connectivity index (χ0) is 23.7. The van der Waals surface area contributed by atoms with E-state index in [-0.39, 0.29) is 0 Å². The van der Waals surface area contributed by atoms with Crippen molar-refractivity contribution in [2.75, 3.05) is 4.31 Å². The van der Waals surface area contributed by atoms with Crippen molar-refractivity contribution in [1.82, 2.24) is 19.5 Å². The Morgan fingerprint density at radius 1 is 1.09 bits per heavy atom. The summed E-state index contributed by atoms with van der Waals surface area (Å²) in [6.45, 7) is 0. The van der Waals surface area contributed by atoms with Gasteiger partial charge in [0.25, 0.3) is 0 Å². The predicted octanol–water partition coefficient (Wildman–Crippen LogP) is 4.11. The molecule has 0 spiro atoms. The summed E-state index contributed by atoms with van der Waals surface area (Å²) in [6.07, 6.45) is 4.61. The molecule has 5 rings (SSSR count). The van der Waals surface area contributed by atoms with Gasteiger partial charge in [-0.1, -0.05) is 30.3 Å². The average molecular weight is 468 g/mol. The molecule has 0 aliphatic rings. The van der Waals surface area contributed by atoms with Crippen molar-refractivity contribution in [3.8, 4) is 6.07 Å². The Morgan fingerprint density at radius 2 is 1.88 bits per heavy atom. The van der Waals surface area contributed by atoms with Gasteiger partial charge in [0.15, 0.2) is 5.65 Å². The molecule has 0 aliphatic carbocycles. The summed E-state index contributed by atoms with van der Waals surface area (Å²) >= 11 is -2.59. The van der Waals surface area contributed by atoms with E-state index in [0.29, 0.717) is 40.0 Å². The Kier molecular flexibility index (Phi) is 5.76. The highest BCUT2D eigenvalue weighted by Crippen LogP contribution is 2.33. The molecular weight excluding hydrogens is 448 g/mol. The molecule has 3 aromatic heterocycles. The maximum absolute atomic E-state index is 12.3. The molecule has 3 heterocycles. The summed E-state index contributed by atoms with van der Waals surface area (Å²) in [6, 6.07) is 20.4. The summed E-state index contributed by atoms with van der Waals surface area (Å²) in [5, 5.41) is 9.80. The fraction of sp³-hybridized carbons (Fsp3) is 0.120. The van der Waals surface area contributed by atoms with Gasteiger partial charge in [-0.25, -0.2) is 9.97 Å². The van der Waals surface area contributed by atoms with Crippen molar-refractivity contribution in [3.63, 3.8) is 0 Å². The highest BCUT2D eigenvalue weighted by molar-refractivity contribution is 7.81.